The van der Waals surface area contributed by atoms with Crippen LogP contribution in [0, 0.1) is 21.4 Å². The van der Waals surface area contributed by atoms with Crippen LogP contribution in [0.15, 0.2) is 18.2 Å². The van der Waals surface area contributed by atoms with Crippen molar-refractivity contribution in [2.45, 2.75) is 6.92 Å². The SMILES string of the molecule is CCOc1ccc([N+](=O)[O-])cc1C#N. The van der Waals surface area contributed by atoms with Gasteiger partial charge in [0, 0.05) is 12.1 Å². The lowest BCUT2D eigenvalue weighted by atomic mass is 10.2. The third kappa shape index (κ3) is 1.98. The number of nitro benzene ring substituents is 1. The molecule has 0 saturated heterocycles. The van der Waals surface area contributed by atoms with Crippen molar-refractivity contribution in [2.75, 3.05) is 6.61 Å². The first-order chi connectivity index (χ1) is 6.69. The molecule has 0 amide bonds. The average Bonchev–Trinajstić information content (AvgIpc) is 2.18. The first-order valence-electron chi connectivity index (χ1n) is 4.00. The van der Waals surface area contributed by atoms with Crippen LogP contribution in [0.4, 0.5) is 5.69 Å². The van der Waals surface area contributed by atoms with Crippen LogP contribution in [0.3, 0.4) is 0 Å². The van der Waals surface area contributed by atoms with E-state index < -0.39 is 4.92 Å². The Balaban J connectivity index is 3.13. The zero-order valence-electron chi connectivity index (χ0n) is 7.56. The summed E-state index contributed by atoms with van der Waals surface area (Å²) < 4.78 is 5.12. The van der Waals surface area contributed by atoms with Crippen molar-refractivity contribution in [3.8, 4) is 11.8 Å². The second-order valence-corrected chi connectivity index (χ2v) is 2.48. The maximum atomic E-state index is 10.4. The highest BCUT2D eigenvalue weighted by Crippen LogP contribution is 2.23. The number of nitriles is 1. The van der Waals surface area contributed by atoms with Gasteiger partial charge >= 0.3 is 0 Å². The summed E-state index contributed by atoms with van der Waals surface area (Å²) in [4.78, 5) is 9.85. The molecule has 5 heteroatoms. The first kappa shape index (κ1) is 9.99. The molecule has 72 valence electrons. The Labute approximate surface area is 80.7 Å². The Bertz CT molecular complexity index is 396. The molecule has 0 radical (unpaired) electrons. The van der Waals surface area contributed by atoms with Gasteiger partial charge in [0.1, 0.15) is 17.4 Å². The predicted molar refractivity (Wildman–Crippen MR) is 49.0 cm³/mol. The fraction of sp³-hybridized carbons (Fsp3) is 0.222. The van der Waals surface area contributed by atoms with Gasteiger partial charge in [-0.25, -0.2) is 0 Å². The van der Waals surface area contributed by atoms with Gasteiger partial charge in [-0.15, -0.1) is 0 Å². The molecule has 5 nitrogen and oxygen atoms in total. The molecule has 0 aliphatic heterocycles. The number of non-ortho nitro benzene ring substituents is 1. The summed E-state index contributed by atoms with van der Waals surface area (Å²) in [6.07, 6.45) is 0. The lowest BCUT2D eigenvalue weighted by molar-refractivity contribution is -0.384. The van der Waals surface area contributed by atoms with Crippen LogP contribution in [0.1, 0.15) is 12.5 Å². The van der Waals surface area contributed by atoms with E-state index in [4.69, 9.17) is 10.00 Å². The normalized spacial score (nSPS) is 9.14. The summed E-state index contributed by atoms with van der Waals surface area (Å²) in [6, 6.07) is 5.79. The van der Waals surface area contributed by atoms with Gasteiger partial charge in [-0.05, 0) is 13.0 Å². The standard InChI is InChI=1S/C9H8N2O3/c1-2-14-9-4-3-8(11(12)13)5-7(9)6-10/h3-5H,2H2,1H3. The summed E-state index contributed by atoms with van der Waals surface area (Å²) in [5, 5.41) is 19.1. The minimum atomic E-state index is -0.545. The van der Waals surface area contributed by atoms with Gasteiger partial charge in [0.15, 0.2) is 0 Å². The van der Waals surface area contributed by atoms with E-state index >= 15 is 0 Å². The molecule has 0 fully saturated rings. The summed E-state index contributed by atoms with van der Waals surface area (Å²) in [5.41, 5.74) is 0.0750. The average molecular weight is 192 g/mol. The largest absolute Gasteiger partial charge is 0.492 e. The highest BCUT2D eigenvalue weighted by molar-refractivity contribution is 5.50. The van der Waals surface area contributed by atoms with Gasteiger partial charge in [-0.1, -0.05) is 0 Å². The number of hydrogen-bond acceptors (Lipinski definition) is 4. The minimum Gasteiger partial charge on any atom is -0.492 e. The van der Waals surface area contributed by atoms with Crippen LogP contribution in [0.25, 0.3) is 0 Å². The van der Waals surface area contributed by atoms with E-state index in [1.165, 1.54) is 18.2 Å². The Hall–Kier alpha value is -2.09. The summed E-state index contributed by atoms with van der Waals surface area (Å²) in [7, 11) is 0. The fourth-order valence-corrected chi connectivity index (χ4v) is 1.00. The number of nitrogens with zero attached hydrogens (tertiary/aromatic N) is 2. The van der Waals surface area contributed by atoms with Gasteiger partial charge in [-0.2, -0.15) is 5.26 Å². The van der Waals surface area contributed by atoms with E-state index in [1.807, 2.05) is 6.07 Å². The van der Waals surface area contributed by atoms with Gasteiger partial charge in [-0.3, -0.25) is 10.1 Å². The number of hydrogen-bond donors (Lipinski definition) is 0. The molecule has 0 saturated carbocycles. The minimum absolute atomic E-state index is 0.106. The highest BCUT2D eigenvalue weighted by Gasteiger charge is 2.10. The van der Waals surface area contributed by atoms with E-state index in [1.54, 1.807) is 6.92 Å². The van der Waals surface area contributed by atoms with Crippen molar-refractivity contribution >= 4 is 5.69 Å². The van der Waals surface area contributed by atoms with E-state index in [9.17, 15) is 10.1 Å². The molecule has 0 bridgehead atoms. The zero-order chi connectivity index (χ0) is 10.6. The van der Waals surface area contributed by atoms with Crippen molar-refractivity contribution < 1.29 is 9.66 Å². The molecule has 0 aliphatic carbocycles. The number of rotatable bonds is 3. The molecule has 14 heavy (non-hydrogen) atoms. The quantitative estimate of drug-likeness (QED) is 0.541. The van der Waals surface area contributed by atoms with Crippen molar-refractivity contribution in [2.24, 2.45) is 0 Å². The molecule has 0 N–H and O–H groups in total. The maximum Gasteiger partial charge on any atom is 0.271 e. The molecule has 0 unspecified atom stereocenters. The van der Waals surface area contributed by atoms with Crippen molar-refractivity contribution in [1.29, 1.82) is 5.26 Å². The Morgan fingerprint density at radius 3 is 2.86 bits per heavy atom. The molecule has 1 aromatic rings. The predicted octanol–water partition coefficient (Wildman–Crippen LogP) is 1.87. The van der Waals surface area contributed by atoms with E-state index in [0.717, 1.165) is 0 Å². The Kier molecular flexibility index (Phi) is 3.02. The van der Waals surface area contributed by atoms with E-state index in [0.29, 0.717) is 12.4 Å². The number of benzene rings is 1. The van der Waals surface area contributed by atoms with Crippen LogP contribution in [-0.2, 0) is 0 Å². The van der Waals surface area contributed by atoms with Gasteiger partial charge < -0.3 is 4.74 Å². The molecule has 0 spiro atoms. The molecule has 0 aliphatic rings. The van der Waals surface area contributed by atoms with Gasteiger partial charge in [0.25, 0.3) is 5.69 Å². The third-order valence-corrected chi connectivity index (χ3v) is 1.59. The monoisotopic (exact) mass is 192 g/mol. The Morgan fingerprint density at radius 2 is 2.36 bits per heavy atom. The molecule has 0 aromatic heterocycles. The second kappa shape index (κ2) is 4.23. The molecular formula is C9H8N2O3. The second-order valence-electron chi connectivity index (χ2n) is 2.48. The first-order valence-corrected chi connectivity index (χ1v) is 4.00. The number of nitro groups is 1. The van der Waals surface area contributed by atoms with Crippen molar-refractivity contribution in [1.82, 2.24) is 0 Å². The molecular weight excluding hydrogens is 184 g/mol. The molecule has 0 heterocycles. The smallest absolute Gasteiger partial charge is 0.271 e. The molecule has 1 rings (SSSR count). The van der Waals surface area contributed by atoms with Crippen LogP contribution in [0.5, 0.6) is 5.75 Å². The van der Waals surface area contributed by atoms with Crippen LogP contribution in [-0.4, -0.2) is 11.5 Å². The molecule has 1 aromatic carbocycles. The van der Waals surface area contributed by atoms with Crippen molar-refractivity contribution in [3.05, 3.63) is 33.9 Å². The zero-order valence-corrected chi connectivity index (χ0v) is 7.56. The Morgan fingerprint density at radius 1 is 1.64 bits per heavy atom. The summed E-state index contributed by atoms with van der Waals surface area (Å²) in [6.45, 7) is 2.20. The summed E-state index contributed by atoms with van der Waals surface area (Å²) >= 11 is 0. The number of ether oxygens (including phenoxy) is 1. The summed E-state index contributed by atoms with van der Waals surface area (Å²) in [5.74, 6) is 0.376. The van der Waals surface area contributed by atoms with E-state index in [2.05, 4.69) is 0 Å². The topological polar surface area (TPSA) is 76.2 Å². The lowest BCUT2D eigenvalue weighted by Crippen LogP contribution is -1.96. The van der Waals surface area contributed by atoms with Crippen LogP contribution < -0.4 is 4.74 Å². The van der Waals surface area contributed by atoms with Crippen LogP contribution >= 0.6 is 0 Å². The highest BCUT2D eigenvalue weighted by atomic mass is 16.6. The van der Waals surface area contributed by atoms with Gasteiger partial charge in [0.2, 0.25) is 0 Å². The fourth-order valence-electron chi connectivity index (χ4n) is 1.00. The third-order valence-electron chi connectivity index (χ3n) is 1.59. The van der Waals surface area contributed by atoms with Crippen LogP contribution in [0.2, 0.25) is 0 Å². The maximum absolute atomic E-state index is 10.4. The van der Waals surface area contributed by atoms with Crippen molar-refractivity contribution in [3.63, 3.8) is 0 Å². The van der Waals surface area contributed by atoms with Gasteiger partial charge in [0.05, 0.1) is 11.5 Å². The molecule has 0 atom stereocenters. The van der Waals surface area contributed by atoms with E-state index in [-0.39, 0.29) is 11.3 Å². The lowest BCUT2D eigenvalue weighted by Gasteiger charge is -2.03.